The van der Waals surface area contributed by atoms with E-state index in [1.807, 2.05) is 20.0 Å². The fraction of sp³-hybridized carbons (Fsp3) is 0.667. The number of hydrogen-bond donors (Lipinski definition) is 1. The summed E-state index contributed by atoms with van der Waals surface area (Å²) < 4.78 is 0. The Kier molecular flexibility index (Phi) is 2.72. The number of aryl methyl sites for hydroxylation is 1. The van der Waals surface area contributed by atoms with Crippen LogP contribution in [0.2, 0.25) is 0 Å². The topological polar surface area (TPSA) is 44.3 Å². The number of aromatic nitrogens is 2. The molecule has 4 rings (SSSR count). The molecule has 5 nitrogen and oxygen atoms in total. The standard InChI is InChI=1S/C12H19N5/c1-9-7-11(13-2)15-12(14-9)10-8-16-3-5-17(10)6-4-16/h7,10H,3-6,8H2,1-2H3,(H,13,14,15). The quantitative estimate of drug-likeness (QED) is 0.806. The number of piperazine rings is 3. The third-order valence-electron chi connectivity index (χ3n) is 3.70. The molecule has 0 spiro atoms. The van der Waals surface area contributed by atoms with Gasteiger partial charge in [0.05, 0.1) is 6.04 Å². The van der Waals surface area contributed by atoms with Gasteiger partial charge in [-0.2, -0.15) is 0 Å². The molecule has 3 saturated heterocycles. The summed E-state index contributed by atoms with van der Waals surface area (Å²) in [5.74, 6) is 1.89. The summed E-state index contributed by atoms with van der Waals surface area (Å²) in [6, 6.07) is 2.37. The number of hydrogen-bond acceptors (Lipinski definition) is 5. The number of nitrogens with zero attached hydrogens (tertiary/aromatic N) is 4. The van der Waals surface area contributed by atoms with Crippen LogP contribution in [-0.2, 0) is 0 Å². The van der Waals surface area contributed by atoms with Crippen molar-refractivity contribution in [2.75, 3.05) is 45.1 Å². The Morgan fingerprint density at radius 2 is 2.00 bits per heavy atom. The number of fused-ring (bicyclic) bond motifs is 3. The first kappa shape index (κ1) is 10.9. The van der Waals surface area contributed by atoms with Crippen molar-refractivity contribution in [3.05, 3.63) is 17.6 Å². The van der Waals surface area contributed by atoms with Crippen molar-refractivity contribution in [1.29, 1.82) is 0 Å². The highest BCUT2D eigenvalue weighted by Crippen LogP contribution is 2.27. The summed E-state index contributed by atoms with van der Waals surface area (Å²) >= 11 is 0. The second-order valence-electron chi connectivity index (χ2n) is 4.86. The van der Waals surface area contributed by atoms with E-state index < -0.39 is 0 Å². The molecular formula is C12H19N5. The average Bonchev–Trinajstić information content (AvgIpc) is 2.39. The minimum Gasteiger partial charge on any atom is -0.373 e. The maximum atomic E-state index is 4.60. The molecule has 3 aliphatic heterocycles. The van der Waals surface area contributed by atoms with Crippen molar-refractivity contribution in [2.45, 2.75) is 13.0 Å². The lowest BCUT2D eigenvalue weighted by Crippen LogP contribution is -2.57. The number of anilines is 1. The smallest absolute Gasteiger partial charge is 0.149 e. The van der Waals surface area contributed by atoms with Crippen LogP contribution in [0.25, 0.3) is 0 Å². The van der Waals surface area contributed by atoms with Crippen LogP contribution in [0.4, 0.5) is 5.82 Å². The molecule has 1 atom stereocenters. The first-order valence-electron chi connectivity index (χ1n) is 6.26. The SMILES string of the molecule is CNc1cc(C)nc(C2CN3CCN2CC3)n1. The molecule has 3 aliphatic rings. The van der Waals surface area contributed by atoms with E-state index in [9.17, 15) is 0 Å². The molecule has 1 unspecified atom stereocenters. The van der Waals surface area contributed by atoms with Crippen molar-refractivity contribution >= 4 is 5.82 Å². The van der Waals surface area contributed by atoms with E-state index in [-0.39, 0.29) is 0 Å². The monoisotopic (exact) mass is 233 g/mol. The maximum absolute atomic E-state index is 4.60. The van der Waals surface area contributed by atoms with Gasteiger partial charge in [-0.1, -0.05) is 0 Å². The minimum atomic E-state index is 0.379. The predicted molar refractivity (Wildman–Crippen MR) is 67.1 cm³/mol. The molecule has 1 aromatic rings. The Hall–Kier alpha value is -1.20. The average molecular weight is 233 g/mol. The molecule has 3 fully saturated rings. The zero-order valence-electron chi connectivity index (χ0n) is 10.5. The molecule has 2 bridgehead atoms. The highest BCUT2D eigenvalue weighted by molar-refractivity contribution is 5.35. The first-order valence-corrected chi connectivity index (χ1v) is 6.26. The normalized spacial score (nSPS) is 31.5. The highest BCUT2D eigenvalue weighted by Gasteiger charge is 2.34. The van der Waals surface area contributed by atoms with Gasteiger partial charge in [0.15, 0.2) is 0 Å². The van der Waals surface area contributed by atoms with Gasteiger partial charge in [0, 0.05) is 51.5 Å². The van der Waals surface area contributed by atoms with Crippen molar-refractivity contribution in [1.82, 2.24) is 19.8 Å². The molecular weight excluding hydrogens is 214 g/mol. The van der Waals surface area contributed by atoms with Crippen LogP contribution in [-0.4, -0.2) is 59.5 Å². The molecule has 5 heteroatoms. The van der Waals surface area contributed by atoms with Crippen LogP contribution in [0, 0.1) is 6.92 Å². The fourth-order valence-electron chi connectivity index (χ4n) is 2.73. The van der Waals surface area contributed by atoms with Crippen molar-refractivity contribution < 1.29 is 0 Å². The maximum Gasteiger partial charge on any atom is 0.149 e. The Bertz CT molecular complexity index is 411. The molecule has 0 radical (unpaired) electrons. The van der Waals surface area contributed by atoms with Gasteiger partial charge in [0.1, 0.15) is 11.6 Å². The lowest BCUT2D eigenvalue weighted by Gasteiger charge is -2.46. The van der Waals surface area contributed by atoms with Gasteiger partial charge >= 0.3 is 0 Å². The van der Waals surface area contributed by atoms with Crippen molar-refractivity contribution in [2.24, 2.45) is 0 Å². The van der Waals surface area contributed by atoms with Crippen LogP contribution in [0.3, 0.4) is 0 Å². The Morgan fingerprint density at radius 3 is 2.59 bits per heavy atom. The van der Waals surface area contributed by atoms with Crippen LogP contribution in [0.1, 0.15) is 17.6 Å². The Balaban J connectivity index is 1.90. The molecule has 0 aromatic carbocycles. The van der Waals surface area contributed by atoms with E-state index in [4.69, 9.17) is 0 Å². The zero-order valence-corrected chi connectivity index (χ0v) is 10.5. The molecule has 0 saturated carbocycles. The third-order valence-corrected chi connectivity index (χ3v) is 3.70. The summed E-state index contributed by atoms with van der Waals surface area (Å²) in [5, 5.41) is 3.11. The summed E-state index contributed by atoms with van der Waals surface area (Å²) in [5.41, 5.74) is 1.04. The van der Waals surface area contributed by atoms with E-state index in [2.05, 4.69) is 25.1 Å². The lowest BCUT2D eigenvalue weighted by molar-refractivity contribution is 0.00864. The fourth-order valence-corrected chi connectivity index (χ4v) is 2.73. The third kappa shape index (κ3) is 2.00. The van der Waals surface area contributed by atoms with Crippen molar-refractivity contribution in [3.8, 4) is 0 Å². The summed E-state index contributed by atoms with van der Waals surface area (Å²) in [7, 11) is 1.91. The first-order chi connectivity index (χ1) is 8.26. The number of nitrogens with one attached hydrogen (secondary N) is 1. The molecule has 0 aliphatic carbocycles. The minimum absolute atomic E-state index is 0.379. The zero-order chi connectivity index (χ0) is 11.8. The molecule has 92 valence electrons. The van der Waals surface area contributed by atoms with Crippen LogP contribution >= 0.6 is 0 Å². The summed E-state index contributed by atoms with van der Waals surface area (Å²) in [6.07, 6.45) is 0. The second-order valence-corrected chi connectivity index (χ2v) is 4.86. The molecule has 4 heterocycles. The number of rotatable bonds is 2. The lowest BCUT2D eigenvalue weighted by atomic mass is 10.1. The Morgan fingerprint density at radius 1 is 1.24 bits per heavy atom. The van der Waals surface area contributed by atoms with Crippen LogP contribution in [0.15, 0.2) is 6.07 Å². The van der Waals surface area contributed by atoms with E-state index in [1.165, 1.54) is 13.1 Å². The second kappa shape index (κ2) is 4.23. The molecule has 0 amide bonds. The largest absolute Gasteiger partial charge is 0.373 e. The highest BCUT2D eigenvalue weighted by atomic mass is 15.4. The van der Waals surface area contributed by atoms with Gasteiger partial charge < -0.3 is 5.32 Å². The van der Waals surface area contributed by atoms with Crippen molar-refractivity contribution in [3.63, 3.8) is 0 Å². The van der Waals surface area contributed by atoms with Gasteiger partial charge in [0.25, 0.3) is 0 Å². The van der Waals surface area contributed by atoms with E-state index >= 15 is 0 Å². The van der Waals surface area contributed by atoms with Gasteiger partial charge in [-0.3, -0.25) is 9.80 Å². The van der Waals surface area contributed by atoms with Crippen LogP contribution in [0.5, 0.6) is 0 Å². The molecule has 17 heavy (non-hydrogen) atoms. The predicted octanol–water partition coefficient (Wildman–Crippen LogP) is 0.499. The summed E-state index contributed by atoms with van der Waals surface area (Å²) in [4.78, 5) is 14.2. The van der Waals surface area contributed by atoms with E-state index in [0.29, 0.717) is 6.04 Å². The van der Waals surface area contributed by atoms with E-state index in [1.54, 1.807) is 0 Å². The molecule has 1 N–H and O–H groups in total. The Labute approximate surface area is 102 Å². The van der Waals surface area contributed by atoms with Gasteiger partial charge in [0.2, 0.25) is 0 Å². The van der Waals surface area contributed by atoms with Gasteiger partial charge in [-0.25, -0.2) is 9.97 Å². The summed E-state index contributed by atoms with van der Waals surface area (Å²) in [6.45, 7) is 7.80. The van der Waals surface area contributed by atoms with Gasteiger partial charge in [-0.15, -0.1) is 0 Å². The van der Waals surface area contributed by atoms with Gasteiger partial charge in [-0.05, 0) is 6.92 Å². The molecule has 1 aromatic heterocycles. The van der Waals surface area contributed by atoms with Crippen LogP contribution < -0.4 is 5.32 Å². The van der Waals surface area contributed by atoms with E-state index in [0.717, 1.165) is 37.0 Å².